The highest BCUT2D eigenvalue weighted by atomic mass is 19.4. The van der Waals surface area contributed by atoms with Gasteiger partial charge in [-0.25, -0.2) is 9.97 Å². The number of amides is 1. The highest BCUT2D eigenvalue weighted by Crippen LogP contribution is 2.30. The number of carbonyl (C=O) groups is 1. The fraction of sp³-hybridized carbons (Fsp3) is 0.542. The molecule has 12 heteroatoms. The van der Waals surface area contributed by atoms with Gasteiger partial charge in [-0.1, -0.05) is 12.1 Å². The molecule has 1 amide bonds. The normalized spacial score (nSPS) is 19.2. The molecule has 2 heterocycles. The first-order valence-corrected chi connectivity index (χ1v) is 11.7. The van der Waals surface area contributed by atoms with Gasteiger partial charge in [0.15, 0.2) is 11.6 Å². The Morgan fingerprint density at radius 2 is 1.92 bits per heavy atom. The summed E-state index contributed by atoms with van der Waals surface area (Å²) in [5.41, 5.74) is 4.42. The molecular weight excluding hydrogens is 480 g/mol. The first kappa shape index (κ1) is 27.6. The summed E-state index contributed by atoms with van der Waals surface area (Å²) in [5, 5.41) is 13.6. The molecule has 0 radical (unpaired) electrons. The van der Waals surface area contributed by atoms with E-state index in [9.17, 15) is 23.1 Å². The number of nitrogens with two attached hydrogens (primary N) is 1. The number of aromatic nitrogens is 2. The first-order valence-electron chi connectivity index (χ1n) is 11.7. The molecule has 3 rings (SSSR count). The summed E-state index contributed by atoms with van der Waals surface area (Å²) in [6.07, 6.45) is -3.39. The topological polar surface area (TPSA) is 108 Å². The average molecular weight is 513 g/mol. The van der Waals surface area contributed by atoms with Gasteiger partial charge in [-0.15, -0.1) is 0 Å². The lowest BCUT2D eigenvalue weighted by molar-refractivity contribution is -0.137. The third kappa shape index (κ3) is 6.22. The smallest absolute Gasteiger partial charge is 0.391 e. The average Bonchev–Trinajstić information content (AvgIpc) is 2.82. The number of benzene rings is 1. The van der Waals surface area contributed by atoms with Crippen LogP contribution < -0.4 is 16.0 Å². The van der Waals surface area contributed by atoms with Crippen LogP contribution in [-0.4, -0.2) is 63.7 Å². The zero-order valence-corrected chi connectivity index (χ0v) is 20.5. The number of primary amides is 1. The van der Waals surface area contributed by atoms with Crippen molar-refractivity contribution in [1.29, 1.82) is 0 Å². The minimum Gasteiger partial charge on any atom is -0.391 e. The van der Waals surface area contributed by atoms with E-state index < -0.39 is 35.1 Å². The number of rotatable bonds is 9. The first-order chi connectivity index (χ1) is 16.8. The number of hydrogen-bond acceptors (Lipinski definition) is 7. The van der Waals surface area contributed by atoms with Gasteiger partial charge < -0.3 is 21.1 Å². The predicted molar refractivity (Wildman–Crippen MR) is 128 cm³/mol. The van der Waals surface area contributed by atoms with Gasteiger partial charge in [-0.2, -0.15) is 17.6 Å². The Bertz CT molecular complexity index is 1050. The summed E-state index contributed by atoms with van der Waals surface area (Å²) in [4.78, 5) is 23.2. The van der Waals surface area contributed by atoms with Crippen LogP contribution in [0.5, 0.6) is 0 Å². The van der Waals surface area contributed by atoms with Crippen molar-refractivity contribution in [2.75, 3.05) is 36.4 Å². The van der Waals surface area contributed by atoms with E-state index in [1.165, 1.54) is 18.5 Å². The number of aliphatic hydroxyl groups is 1. The molecule has 1 aliphatic heterocycles. The third-order valence-corrected chi connectivity index (χ3v) is 6.75. The van der Waals surface area contributed by atoms with Crippen LogP contribution in [0.1, 0.15) is 38.3 Å². The molecule has 2 unspecified atom stereocenters. The highest BCUT2D eigenvalue weighted by molar-refractivity contribution is 5.83. The van der Waals surface area contributed by atoms with E-state index in [4.69, 9.17) is 5.73 Å². The van der Waals surface area contributed by atoms with Gasteiger partial charge in [0.1, 0.15) is 6.33 Å². The van der Waals surface area contributed by atoms with Crippen LogP contribution in [0.3, 0.4) is 0 Å². The summed E-state index contributed by atoms with van der Waals surface area (Å²) >= 11 is 0. The molecule has 36 heavy (non-hydrogen) atoms. The predicted octanol–water partition coefficient (Wildman–Crippen LogP) is 3.02. The summed E-state index contributed by atoms with van der Waals surface area (Å²) < 4.78 is 53.8. The Hall–Kier alpha value is -2.99. The molecule has 8 nitrogen and oxygen atoms in total. The molecule has 1 saturated heterocycles. The number of likely N-dealkylation sites (tertiary alicyclic amines) is 1. The number of piperidine rings is 1. The summed E-state index contributed by atoms with van der Waals surface area (Å²) in [6, 6.07) is 4.70. The van der Waals surface area contributed by atoms with Crippen LogP contribution in [0.15, 0.2) is 30.6 Å². The van der Waals surface area contributed by atoms with Crippen molar-refractivity contribution in [3.05, 3.63) is 47.5 Å². The van der Waals surface area contributed by atoms with Gasteiger partial charge >= 0.3 is 6.18 Å². The molecule has 1 aromatic heterocycles. The second kappa shape index (κ2) is 11.0. The quantitative estimate of drug-likeness (QED) is 0.444. The fourth-order valence-corrected chi connectivity index (χ4v) is 4.17. The summed E-state index contributed by atoms with van der Waals surface area (Å²) in [6.45, 7) is 6.80. The molecule has 2 atom stereocenters. The molecule has 1 aromatic carbocycles. The second-order valence-corrected chi connectivity index (χ2v) is 9.44. The summed E-state index contributed by atoms with van der Waals surface area (Å²) in [7, 11) is 0. The van der Waals surface area contributed by atoms with E-state index in [0.29, 0.717) is 25.1 Å². The van der Waals surface area contributed by atoms with Crippen LogP contribution in [0, 0.1) is 11.7 Å². The van der Waals surface area contributed by atoms with Crippen molar-refractivity contribution in [1.82, 2.24) is 14.9 Å². The Kier molecular flexibility index (Phi) is 8.40. The molecule has 0 bridgehead atoms. The minimum atomic E-state index is -4.43. The van der Waals surface area contributed by atoms with Crippen LogP contribution in [-0.2, 0) is 17.5 Å². The van der Waals surface area contributed by atoms with Crippen molar-refractivity contribution >= 4 is 17.5 Å². The Balaban J connectivity index is 1.66. The maximum atomic E-state index is 15.3. The van der Waals surface area contributed by atoms with Crippen molar-refractivity contribution in [2.45, 2.75) is 51.6 Å². The number of nitrogens with one attached hydrogen (secondary N) is 1. The van der Waals surface area contributed by atoms with Crippen molar-refractivity contribution < 1.29 is 27.5 Å². The van der Waals surface area contributed by atoms with Gasteiger partial charge in [-0.3, -0.25) is 9.69 Å². The van der Waals surface area contributed by atoms with E-state index in [0.717, 1.165) is 12.1 Å². The Labute approximate surface area is 207 Å². The van der Waals surface area contributed by atoms with Gasteiger partial charge in [-0.05, 0) is 51.4 Å². The number of β-amino-alcohol motifs (C(OH)–C–C–N with tert-alkyl or cyclic N) is 1. The number of nitrogens with zero attached hydrogens (tertiary/aromatic N) is 4. The zero-order valence-electron chi connectivity index (χ0n) is 20.5. The number of aliphatic hydroxyl groups excluding tert-OH is 1. The number of hydrogen-bond donors (Lipinski definition) is 3. The Morgan fingerprint density at radius 3 is 2.47 bits per heavy atom. The Morgan fingerprint density at radius 1 is 1.25 bits per heavy atom. The van der Waals surface area contributed by atoms with Crippen LogP contribution in [0.4, 0.5) is 29.2 Å². The molecule has 0 saturated carbocycles. The zero-order chi connectivity index (χ0) is 26.7. The van der Waals surface area contributed by atoms with E-state index in [2.05, 4.69) is 15.3 Å². The van der Waals surface area contributed by atoms with Gasteiger partial charge in [0.2, 0.25) is 11.7 Å². The molecule has 4 N–H and O–H groups in total. The molecule has 1 aliphatic rings. The number of carbonyl (C=O) groups excluding carboxylic acids is 1. The standard InChI is InChI=1S/C24H32F4N6O2/c1-4-33(12-15-5-7-17(8-6-15)24(26,27)28)21-19(25)20(31-14-32-21)30-11-16-9-10-34(13-18(16)35)23(2,3)22(29)36/h5-8,14,16,18,35H,4,9-13H2,1-3H3,(H2,29,36)(H,30,31,32). The van der Waals surface area contributed by atoms with E-state index in [1.807, 2.05) is 4.90 Å². The number of anilines is 2. The molecule has 0 aliphatic carbocycles. The second-order valence-electron chi connectivity index (χ2n) is 9.44. The fourth-order valence-electron chi connectivity index (χ4n) is 4.17. The van der Waals surface area contributed by atoms with Crippen LogP contribution in [0.2, 0.25) is 0 Å². The van der Waals surface area contributed by atoms with Crippen molar-refractivity contribution in [3.8, 4) is 0 Å². The lowest BCUT2D eigenvalue weighted by Crippen LogP contribution is -2.59. The van der Waals surface area contributed by atoms with E-state index >= 15 is 4.39 Å². The molecular formula is C24H32F4N6O2. The van der Waals surface area contributed by atoms with Gasteiger partial charge in [0.25, 0.3) is 0 Å². The van der Waals surface area contributed by atoms with Crippen molar-refractivity contribution in [3.63, 3.8) is 0 Å². The minimum absolute atomic E-state index is 0.0217. The van der Waals surface area contributed by atoms with Crippen molar-refractivity contribution in [2.24, 2.45) is 11.7 Å². The molecule has 0 spiro atoms. The number of alkyl halides is 3. The molecule has 1 fully saturated rings. The van der Waals surface area contributed by atoms with E-state index in [-0.39, 0.29) is 37.2 Å². The summed E-state index contributed by atoms with van der Waals surface area (Å²) in [5.74, 6) is -1.37. The monoisotopic (exact) mass is 512 g/mol. The van der Waals surface area contributed by atoms with Crippen LogP contribution >= 0.6 is 0 Å². The van der Waals surface area contributed by atoms with Gasteiger partial charge in [0.05, 0.1) is 17.2 Å². The maximum absolute atomic E-state index is 15.3. The third-order valence-electron chi connectivity index (χ3n) is 6.75. The van der Waals surface area contributed by atoms with E-state index in [1.54, 1.807) is 25.7 Å². The number of halogens is 4. The SMILES string of the molecule is CCN(Cc1ccc(C(F)(F)F)cc1)c1ncnc(NCC2CCN(C(C)(C)C(N)=O)CC2O)c1F. The lowest BCUT2D eigenvalue weighted by Gasteiger charge is -2.43. The molecule has 198 valence electrons. The maximum Gasteiger partial charge on any atom is 0.416 e. The van der Waals surface area contributed by atoms with Crippen LogP contribution in [0.25, 0.3) is 0 Å². The largest absolute Gasteiger partial charge is 0.416 e. The lowest BCUT2D eigenvalue weighted by atomic mass is 9.89. The molecule has 2 aromatic rings. The van der Waals surface area contributed by atoms with Gasteiger partial charge in [0, 0.05) is 32.1 Å². The highest BCUT2D eigenvalue weighted by Gasteiger charge is 2.38.